The third kappa shape index (κ3) is 5.32. The first kappa shape index (κ1) is 16.8. The molecule has 7 heteroatoms. The van der Waals surface area contributed by atoms with Gasteiger partial charge in [0.25, 0.3) is 0 Å². The highest BCUT2D eigenvalue weighted by molar-refractivity contribution is 7.80. The molecule has 1 fully saturated rings. The molecule has 1 aromatic carbocycles. The van der Waals surface area contributed by atoms with Crippen LogP contribution in [-0.4, -0.2) is 55.1 Å². The quantitative estimate of drug-likeness (QED) is 0.486. The molecule has 0 spiro atoms. The number of rotatable bonds is 5. The zero-order valence-corrected chi connectivity index (χ0v) is 13.5. The average Bonchev–Trinajstić information content (AvgIpc) is 2.54. The van der Waals surface area contributed by atoms with Crippen molar-refractivity contribution >= 4 is 23.0 Å². The summed E-state index contributed by atoms with van der Waals surface area (Å²) < 4.78 is 18.9. The second-order valence-corrected chi connectivity index (χ2v) is 5.41. The summed E-state index contributed by atoms with van der Waals surface area (Å²) in [6.07, 6.45) is 0. The minimum atomic E-state index is -0.295. The molecule has 0 saturated carbocycles. The van der Waals surface area contributed by atoms with Gasteiger partial charge in [-0.25, -0.2) is 4.39 Å². The lowest BCUT2D eigenvalue weighted by Crippen LogP contribution is -2.42. The SMILES string of the molecule is C/C(=N\NC(=S)NCCN1CCOCC1)c1ccccc1F. The van der Waals surface area contributed by atoms with Crippen LogP contribution in [-0.2, 0) is 4.74 Å². The van der Waals surface area contributed by atoms with Crippen molar-refractivity contribution in [2.75, 3.05) is 39.4 Å². The highest BCUT2D eigenvalue weighted by Crippen LogP contribution is 2.07. The summed E-state index contributed by atoms with van der Waals surface area (Å²) in [5.41, 5.74) is 3.76. The predicted octanol–water partition coefficient (Wildman–Crippen LogP) is 1.35. The van der Waals surface area contributed by atoms with Gasteiger partial charge >= 0.3 is 0 Å². The van der Waals surface area contributed by atoms with E-state index in [2.05, 4.69) is 20.7 Å². The van der Waals surface area contributed by atoms with Crippen LogP contribution in [0.2, 0.25) is 0 Å². The smallest absolute Gasteiger partial charge is 0.187 e. The molecule has 2 rings (SSSR count). The summed E-state index contributed by atoms with van der Waals surface area (Å²) in [5.74, 6) is -0.295. The lowest BCUT2D eigenvalue weighted by Gasteiger charge is -2.26. The Labute approximate surface area is 135 Å². The molecule has 0 bridgehead atoms. The van der Waals surface area contributed by atoms with Crippen molar-refractivity contribution in [3.63, 3.8) is 0 Å². The van der Waals surface area contributed by atoms with E-state index in [0.717, 1.165) is 39.4 Å². The van der Waals surface area contributed by atoms with E-state index >= 15 is 0 Å². The third-order valence-electron chi connectivity index (χ3n) is 3.41. The lowest BCUT2D eigenvalue weighted by atomic mass is 10.1. The summed E-state index contributed by atoms with van der Waals surface area (Å²) in [4.78, 5) is 2.31. The van der Waals surface area contributed by atoms with Crippen LogP contribution in [0.3, 0.4) is 0 Å². The second kappa shape index (κ2) is 8.77. The van der Waals surface area contributed by atoms with Crippen LogP contribution in [0.5, 0.6) is 0 Å². The summed E-state index contributed by atoms with van der Waals surface area (Å²) >= 11 is 5.16. The first-order chi connectivity index (χ1) is 10.7. The van der Waals surface area contributed by atoms with Gasteiger partial charge in [-0.1, -0.05) is 18.2 Å². The number of hydrogen-bond acceptors (Lipinski definition) is 4. The number of thiocarbonyl (C=S) groups is 1. The normalized spacial score (nSPS) is 16.4. The third-order valence-corrected chi connectivity index (χ3v) is 3.64. The Balaban J connectivity index is 1.72. The standard InChI is InChI=1S/C15H21FN4OS/c1-12(13-4-2-3-5-14(13)16)18-19-15(22)17-6-7-20-8-10-21-11-9-20/h2-5H,6-11H2,1H3,(H2,17,19,22)/b18-12+. The van der Waals surface area contributed by atoms with Crippen LogP contribution in [0.25, 0.3) is 0 Å². The topological polar surface area (TPSA) is 48.9 Å². The van der Waals surface area contributed by atoms with Crippen molar-refractivity contribution < 1.29 is 9.13 Å². The largest absolute Gasteiger partial charge is 0.379 e. The van der Waals surface area contributed by atoms with Crippen LogP contribution in [0.15, 0.2) is 29.4 Å². The van der Waals surface area contributed by atoms with E-state index in [-0.39, 0.29) is 5.82 Å². The van der Waals surface area contributed by atoms with Crippen LogP contribution < -0.4 is 10.7 Å². The van der Waals surface area contributed by atoms with Gasteiger partial charge in [0.15, 0.2) is 5.11 Å². The molecule has 0 unspecified atom stereocenters. The van der Waals surface area contributed by atoms with E-state index < -0.39 is 0 Å². The Hall–Kier alpha value is -1.57. The van der Waals surface area contributed by atoms with Crippen molar-refractivity contribution in [1.82, 2.24) is 15.6 Å². The van der Waals surface area contributed by atoms with Gasteiger partial charge in [0.05, 0.1) is 18.9 Å². The minimum absolute atomic E-state index is 0.295. The van der Waals surface area contributed by atoms with Crippen LogP contribution >= 0.6 is 12.2 Å². The molecule has 0 aliphatic carbocycles. The maximum Gasteiger partial charge on any atom is 0.187 e. The molecular weight excluding hydrogens is 303 g/mol. The summed E-state index contributed by atoms with van der Waals surface area (Å²) in [7, 11) is 0. The fourth-order valence-electron chi connectivity index (χ4n) is 2.14. The number of nitrogens with one attached hydrogen (secondary N) is 2. The van der Waals surface area contributed by atoms with Crippen molar-refractivity contribution in [3.05, 3.63) is 35.6 Å². The Morgan fingerprint density at radius 3 is 2.82 bits per heavy atom. The average molecular weight is 324 g/mol. The fraction of sp³-hybridized carbons (Fsp3) is 0.467. The summed E-state index contributed by atoms with van der Waals surface area (Å²) in [6.45, 7) is 6.85. The van der Waals surface area contributed by atoms with Gasteiger partial charge in [0.1, 0.15) is 5.82 Å². The Morgan fingerprint density at radius 2 is 2.09 bits per heavy atom. The molecule has 0 amide bonds. The van der Waals surface area contributed by atoms with E-state index in [1.807, 2.05) is 0 Å². The highest BCUT2D eigenvalue weighted by Gasteiger charge is 2.09. The predicted molar refractivity (Wildman–Crippen MR) is 89.6 cm³/mol. The van der Waals surface area contributed by atoms with Gasteiger partial charge in [0, 0.05) is 31.7 Å². The number of benzene rings is 1. The number of nitrogens with zero attached hydrogens (tertiary/aromatic N) is 2. The molecule has 0 radical (unpaired) electrons. The van der Waals surface area contributed by atoms with Gasteiger partial charge in [-0.2, -0.15) is 5.10 Å². The number of hydrazone groups is 1. The molecule has 1 heterocycles. The maximum absolute atomic E-state index is 13.6. The van der Waals surface area contributed by atoms with Gasteiger partial charge in [0.2, 0.25) is 0 Å². The first-order valence-corrected chi connectivity index (χ1v) is 7.71. The molecular formula is C15H21FN4OS. The van der Waals surface area contributed by atoms with Crippen LogP contribution in [0, 0.1) is 5.82 Å². The zero-order chi connectivity index (χ0) is 15.8. The Kier molecular flexibility index (Phi) is 6.70. The minimum Gasteiger partial charge on any atom is -0.379 e. The van der Waals surface area contributed by atoms with Crippen molar-refractivity contribution in [2.24, 2.45) is 5.10 Å². The fourth-order valence-corrected chi connectivity index (χ4v) is 2.29. The van der Waals surface area contributed by atoms with E-state index in [1.165, 1.54) is 6.07 Å². The number of hydrogen-bond donors (Lipinski definition) is 2. The zero-order valence-electron chi connectivity index (χ0n) is 12.6. The van der Waals surface area contributed by atoms with Crippen LogP contribution in [0.4, 0.5) is 4.39 Å². The van der Waals surface area contributed by atoms with Crippen LogP contribution in [0.1, 0.15) is 12.5 Å². The van der Waals surface area contributed by atoms with Crippen molar-refractivity contribution in [2.45, 2.75) is 6.92 Å². The molecule has 1 aliphatic rings. The molecule has 1 saturated heterocycles. The molecule has 120 valence electrons. The van der Waals surface area contributed by atoms with Gasteiger partial charge in [-0.15, -0.1) is 0 Å². The molecule has 5 nitrogen and oxygen atoms in total. The maximum atomic E-state index is 13.6. The first-order valence-electron chi connectivity index (χ1n) is 7.30. The van der Waals surface area contributed by atoms with Crippen molar-refractivity contribution in [3.8, 4) is 0 Å². The highest BCUT2D eigenvalue weighted by atomic mass is 32.1. The monoisotopic (exact) mass is 324 g/mol. The Bertz CT molecular complexity index is 532. The molecule has 0 atom stereocenters. The number of halogens is 1. The second-order valence-electron chi connectivity index (χ2n) is 5.00. The van der Waals surface area contributed by atoms with Gasteiger partial charge in [-0.05, 0) is 25.2 Å². The molecule has 2 N–H and O–H groups in total. The molecule has 1 aromatic rings. The van der Waals surface area contributed by atoms with E-state index in [4.69, 9.17) is 17.0 Å². The summed E-state index contributed by atoms with van der Waals surface area (Å²) in [5, 5.41) is 7.63. The summed E-state index contributed by atoms with van der Waals surface area (Å²) in [6, 6.07) is 6.52. The van der Waals surface area contributed by atoms with E-state index in [1.54, 1.807) is 25.1 Å². The van der Waals surface area contributed by atoms with Crippen molar-refractivity contribution in [1.29, 1.82) is 0 Å². The molecule has 0 aromatic heterocycles. The Morgan fingerprint density at radius 1 is 1.36 bits per heavy atom. The number of ether oxygens (including phenoxy) is 1. The van der Waals surface area contributed by atoms with E-state index in [9.17, 15) is 4.39 Å². The number of morpholine rings is 1. The van der Waals surface area contributed by atoms with Gasteiger partial charge in [-0.3, -0.25) is 10.3 Å². The lowest BCUT2D eigenvalue weighted by molar-refractivity contribution is 0.0389. The molecule has 1 aliphatic heterocycles. The van der Waals surface area contributed by atoms with Gasteiger partial charge < -0.3 is 10.1 Å². The van der Waals surface area contributed by atoms with E-state index in [0.29, 0.717) is 16.4 Å². The molecule has 22 heavy (non-hydrogen) atoms.